The van der Waals surface area contributed by atoms with Crippen molar-refractivity contribution in [3.8, 4) is 10.4 Å². The van der Waals surface area contributed by atoms with E-state index in [1.165, 1.54) is 11.3 Å². The van der Waals surface area contributed by atoms with Gasteiger partial charge < -0.3 is 9.99 Å². The van der Waals surface area contributed by atoms with Crippen molar-refractivity contribution in [2.24, 2.45) is 0 Å². The summed E-state index contributed by atoms with van der Waals surface area (Å²) in [5.74, 6) is 0.630. The van der Waals surface area contributed by atoms with Crippen molar-refractivity contribution in [3.05, 3.63) is 69.4 Å². The average molecular weight is 383 g/mol. The highest BCUT2D eigenvalue weighted by molar-refractivity contribution is 7.18. The Kier molecular flexibility index (Phi) is 4.58. The van der Waals surface area contributed by atoms with Crippen molar-refractivity contribution in [2.45, 2.75) is 13.0 Å². The number of nitrogens with one attached hydrogen (secondary N) is 2. The van der Waals surface area contributed by atoms with Crippen LogP contribution in [0.1, 0.15) is 18.8 Å². The number of aromatic amines is 1. The number of H-pyrrole nitrogens is 1. The number of aromatic nitrogens is 2. The zero-order valence-electron chi connectivity index (χ0n) is 14.4. The molecule has 4 rings (SSSR count). The molecule has 0 aliphatic heterocycles. The molecule has 0 aliphatic carbocycles. The molecule has 3 aromatic heterocycles. The molecule has 0 saturated carbocycles. The molecular weight excluding hydrogens is 364 g/mol. The fourth-order valence-corrected chi connectivity index (χ4v) is 4.63. The van der Waals surface area contributed by atoms with Crippen molar-refractivity contribution in [1.29, 1.82) is 0 Å². The summed E-state index contributed by atoms with van der Waals surface area (Å²) < 4.78 is 0. The third-order valence-electron chi connectivity index (χ3n) is 4.19. The van der Waals surface area contributed by atoms with Crippen LogP contribution >= 0.6 is 22.7 Å². The van der Waals surface area contributed by atoms with E-state index in [4.69, 9.17) is 4.98 Å². The number of hydrazine groups is 1. The standard InChI is InChI=1S/C19H18N4OS2/c1-12(22-23(2)13-7-4-3-5-8-13)17-20-18(24)16-14(11-26-19(16)21-17)15-9-6-10-25-15/h3-12,22H,1-2H3,(H,20,21,24)/t12-/m0/s1. The molecule has 132 valence electrons. The molecule has 0 radical (unpaired) electrons. The predicted octanol–water partition coefficient (Wildman–Crippen LogP) is 4.42. The predicted molar refractivity (Wildman–Crippen MR) is 110 cm³/mol. The SMILES string of the molecule is C[C@H](NN(C)c1ccccc1)c1nc2scc(-c3cccs3)c2c(=O)[nH]1. The molecule has 0 fully saturated rings. The number of benzene rings is 1. The average Bonchev–Trinajstić information content (AvgIpc) is 3.31. The molecule has 7 heteroatoms. The summed E-state index contributed by atoms with van der Waals surface area (Å²) >= 11 is 3.14. The second-order valence-corrected chi connectivity index (χ2v) is 7.81. The minimum atomic E-state index is -0.135. The van der Waals surface area contributed by atoms with Crippen molar-refractivity contribution >= 4 is 38.6 Å². The van der Waals surface area contributed by atoms with Gasteiger partial charge in [0.25, 0.3) is 5.56 Å². The Morgan fingerprint density at radius 2 is 1.96 bits per heavy atom. The van der Waals surface area contributed by atoms with E-state index >= 15 is 0 Å². The molecule has 1 atom stereocenters. The van der Waals surface area contributed by atoms with E-state index in [2.05, 4.69) is 10.4 Å². The Morgan fingerprint density at radius 1 is 1.15 bits per heavy atom. The minimum absolute atomic E-state index is 0.0920. The first-order valence-electron chi connectivity index (χ1n) is 8.23. The third kappa shape index (κ3) is 3.16. The van der Waals surface area contributed by atoms with Gasteiger partial charge in [-0.05, 0) is 30.5 Å². The molecular formula is C19H18N4OS2. The zero-order chi connectivity index (χ0) is 18.1. The highest BCUT2D eigenvalue weighted by Crippen LogP contribution is 2.33. The van der Waals surface area contributed by atoms with Gasteiger partial charge in [0.2, 0.25) is 0 Å². The lowest BCUT2D eigenvalue weighted by atomic mass is 10.2. The van der Waals surface area contributed by atoms with E-state index in [9.17, 15) is 4.79 Å². The Balaban J connectivity index is 1.64. The fraction of sp³-hybridized carbons (Fsp3) is 0.158. The van der Waals surface area contributed by atoms with Gasteiger partial charge in [0.1, 0.15) is 10.7 Å². The maximum Gasteiger partial charge on any atom is 0.260 e. The lowest BCUT2D eigenvalue weighted by Gasteiger charge is -2.24. The highest BCUT2D eigenvalue weighted by atomic mass is 32.1. The second-order valence-electron chi connectivity index (χ2n) is 6.00. The first-order valence-corrected chi connectivity index (χ1v) is 9.99. The summed E-state index contributed by atoms with van der Waals surface area (Å²) in [7, 11) is 1.95. The molecule has 0 aliphatic rings. The molecule has 26 heavy (non-hydrogen) atoms. The van der Waals surface area contributed by atoms with Crippen molar-refractivity contribution in [3.63, 3.8) is 0 Å². The summed E-state index contributed by atoms with van der Waals surface area (Å²) in [6.45, 7) is 1.98. The van der Waals surface area contributed by atoms with Gasteiger partial charge in [-0.1, -0.05) is 24.3 Å². The maximum atomic E-state index is 12.7. The number of anilines is 1. The Bertz CT molecular complexity index is 1070. The number of thiophene rings is 2. The van der Waals surface area contributed by atoms with Gasteiger partial charge in [-0.15, -0.1) is 22.7 Å². The van der Waals surface area contributed by atoms with Gasteiger partial charge >= 0.3 is 0 Å². The van der Waals surface area contributed by atoms with Gasteiger partial charge in [-0.2, -0.15) is 0 Å². The van der Waals surface area contributed by atoms with Gasteiger partial charge in [0.15, 0.2) is 0 Å². The highest BCUT2D eigenvalue weighted by Gasteiger charge is 2.17. The monoisotopic (exact) mass is 382 g/mol. The van der Waals surface area contributed by atoms with E-state index in [1.54, 1.807) is 11.3 Å². The largest absolute Gasteiger partial charge is 0.311 e. The second kappa shape index (κ2) is 7.03. The third-order valence-corrected chi connectivity index (χ3v) is 5.97. The molecule has 3 heterocycles. The van der Waals surface area contributed by atoms with Crippen LogP contribution in [0.2, 0.25) is 0 Å². The van der Waals surface area contributed by atoms with E-state index in [-0.39, 0.29) is 11.6 Å². The topological polar surface area (TPSA) is 61.0 Å². The van der Waals surface area contributed by atoms with E-state index < -0.39 is 0 Å². The van der Waals surface area contributed by atoms with Gasteiger partial charge in [-0.25, -0.2) is 10.4 Å². The summed E-state index contributed by atoms with van der Waals surface area (Å²) in [5, 5.41) is 6.63. The van der Waals surface area contributed by atoms with Crippen LogP contribution in [-0.4, -0.2) is 17.0 Å². The minimum Gasteiger partial charge on any atom is -0.311 e. The van der Waals surface area contributed by atoms with Crippen LogP contribution in [0.4, 0.5) is 5.69 Å². The molecule has 0 saturated heterocycles. The molecule has 2 N–H and O–H groups in total. The van der Waals surface area contributed by atoms with Crippen LogP contribution < -0.4 is 16.0 Å². The lowest BCUT2D eigenvalue weighted by molar-refractivity contribution is 0.541. The number of fused-ring (bicyclic) bond motifs is 1. The van der Waals surface area contributed by atoms with Crippen LogP contribution in [0.15, 0.2) is 58.0 Å². The number of nitrogens with zero attached hydrogens (tertiary/aromatic N) is 2. The van der Waals surface area contributed by atoms with Gasteiger partial charge in [0, 0.05) is 22.9 Å². The summed E-state index contributed by atoms with van der Waals surface area (Å²) in [6, 6.07) is 13.9. The van der Waals surface area contributed by atoms with Gasteiger partial charge in [-0.3, -0.25) is 4.79 Å². The summed E-state index contributed by atoms with van der Waals surface area (Å²) in [6.07, 6.45) is 0. The molecule has 0 bridgehead atoms. The molecule has 1 aromatic carbocycles. The van der Waals surface area contributed by atoms with Crippen molar-refractivity contribution < 1.29 is 0 Å². The Labute approximate surface area is 158 Å². The van der Waals surface area contributed by atoms with Crippen LogP contribution in [0.3, 0.4) is 0 Å². The van der Waals surface area contributed by atoms with Crippen LogP contribution in [0.25, 0.3) is 20.7 Å². The Hall–Kier alpha value is -2.48. The smallest absolute Gasteiger partial charge is 0.260 e. The van der Waals surface area contributed by atoms with E-state index in [1.807, 2.05) is 72.2 Å². The Morgan fingerprint density at radius 3 is 2.69 bits per heavy atom. The first-order chi connectivity index (χ1) is 12.6. The molecule has 0 spiro atoms. The first kappa shape index (κ1) is 17.0. The zero-order valence-corrected chi connectivity index (χ0v) is 16.0. The number of para-hydroxylation sites is 1. The molecule has 4 aromatic rings. The summed E-state index contributed by atoms with van der Waals surface area (Å²) in [5.41, 5.74) is 5.26. The van der Waals surface area contributed by atoms with Gasteiger partial charge in [0.05, 0.1) is 17.1 Å². The van der Waals surface area contributed by atoms with Crippen molar-refractivity contribution in [1.82, 2.24) is 15.4 Å². The maximum absolute atomic E-state index is 12.7. The molecule has 0 amide bonds. The van der Waals surface area contributed by atoms with Crippen LogP contribution in [0, 0.1) is 0 Å². The van der Waals surface area contributed by atoms with Crippen LogP contribution in [0.5, 0.6) is 0 Å². The lowest BCUT2D eigenvalue weighted by Crippen LogP contribution is -2.37. The summed E-state index contributed by atoms with van der Waals surface area (Å²) in [4.78, 5) is 22.2. The number of hydrogen-bond donors (Lipinski definition) is 2. The number of hydrogen-bond acceptors (Lipinski definition) is 6. The van der Waals surface area contributed by atoms with Crippen molar-refractivity contribution in [2.75, 3.05) is 12.1 Å². The molecule has 5 nitrogen and oxygen atoms in total. The van der Waals surface area contributed by atoms with E-state index in [0.29, 0.717) is 11.2 Å². The quantitative estimate of drug-likeness (QED) is 0.502. The normalized spacial score (nSPS) is 12.4. The van der Waals surface area contributed by atoms with E-state index in [0.717, 1.165) is 21.0 Å². The fourth-order valence-electron chi connectivity index (χ4n) is 2.86. The molecule has 0 unspecified atom stereocenters. The van der Waals surface area contributed by atoms with Crippen LogP contribution in [-0.2, 0) is 0 Å². The number of rotatable bonds is 5.